The molecule has 2 nitrogen and oxygen atoms in total. The van der Waals surface area contributed by atoms with Gasteiger partial charge in [0.15, 0.2) is 0 Å². The number of aryl methyl sites for hydroxylation is 3. The van der Waals surface area contributed by atoms with Gasteiger partial charge in [0.1, 0.15) is 0 Å². The fraction of sp³-hybridized carbons (Fsp3) is 0.333. The van der Waals surface area contributed by atoms with E-state index < -0.39 is 0 Å². The zero-order valence-electron chi connectivity index (χ0n) is 12.9. The van der Waals surface area contributed by atoms with Crippen molar-refractivity contribution in [2.45, 2.75) is 27.2 Å². The van der Waals surface area contributed by atoms with Crippen molar-refractivity contribution in [3.05, 3.63) is 58.7 Å². The molecule has 0 aliphatic rings. The van der Waals surface area contributed by atoms with Gasteiger partial charge in [0.25, 0.3) is 0 Å². The van der Waals surface area contributed by atoms with Gasteiger partial charge in [0.05, 0.1) is 11.4 Å². The third-order valence-electron chi connectivity index (χ3n) is 3.90. The van der Waals surface area contributed by atoms with Gasteiger partial charge in [-0.05, 0) is 61.6 Å². The second-order valence-corrected chi connectivity index (χ2v) is 5.65. The summed E-state index contributed by atoms with van der Waals surface area (Å²) in [5.41, 5.74) is 13.4. The average molecular weight is 268 g/mol. The van der Waals surface area contributed by atoms with Gasteiger partial charge >= 0.3 is 0 Å². The van der Waals surface area contributed by atoms with Crippen molar-refractivity contribution in [2.75, 3.05) is 24.2 Å². The molecular weight excluding hydrogens is 244 g/mol. The van der Waals surface area contributed by atoms with E-state index in [9.17, 15) is 0 Å². The zero-order valence-corrected chi connectivity index (χ0v) is 12.9. The Hall–Kier alpha value is -1.96. The highest BCUT2D eigenvalue weighted by Gasteiger charge is 2.06. The highest BCUT2D eigenvalue weighted by molar-refractivity contribution is 5.68. The maximum Gasteiger partial charge on any atom is 0.0597 e. The lowest BCUT2D eigenvalue weighted by atomic mass is 10.0. The van der Waals surface area contributed by atoms with Crippen molar-refractivity contribution in [1.82, 2.24) is 0 Å². The summed E-state index contributed by atoms with van der Waals surface area (Å²) < 4.78 is 0. The van der Waals surface area contributed by atoms with Crippen LogP contribution in [0.2, 0.25) is 0 Å². The molecule has 2 aromatic rings. The predicted molar refractivity (Wildman–Crippen MR) is 88.5 cm³/mol. The minimum atomic E-state index is 0.854. The fourth-order valence-corrected chi connectivity index (χ4v) is 2.40. The molecule has 2 rings (SSSR count). The first kappa shape index (κ1) is 14.4. The van der Waals surface area contributed by atoms with Gasteiger partial charge in [-0.25, -0.2) is 0 Å². The molecule has 0 aliphatic heterocycles. The molecular formula is C18H24N2. The Bertz CT molecular complexity index is 602. The standard InChI is InChI=1S/C18H24N2/c1-13-5-8-18(17(19)11-13)20(4)10-9-16-7-6-14(2)15(3)12-16/h5-8,11-12H,9-10,19H2,1-4H3. The van der Waals surface area contributed by atoms with Crippen LogP contribution in [0, 0.1) is 20.8 Å². The van der Waals surface area contributed by atoms with E-state index in [1.807, 2.05) is 6.07 Å². The number of likely N-dealkylation sites (N-methyl/N-ethyl adjacent to an activating group) is 1. The normalized spacial score (nSPS) is 10.6. The molecule has 2 N–H and O–H groups in total. The number of nitrogens with zero attached hydrogens (tertiary/aromatic N) is 1. The quantitative estimate of drug-likeness (QED) is 0.853. The van der Waals surface area contributed by atoms with Crippen LogP contribution in [-0.4, -0.2) is 13.6 Å². The molecule has 0 bridgehead atoms. The summed E-state index contributed by atoms with van der Waals surface area (Å²) in [4.78, 5) is 2.23. The molecule has 2 heteroatoms. The molecule has 20 heavy (non-hydrogen) atoms. The SMILES string of the molecule is Cc1ccc(N(C)CCc2ccc(C)c(C)c2)c(N)c1. The largest absolute Gasteiger partial charge is 0.397 e. The zero-order chi connectivity index (χ0) is 14.7. The maximum atomic E-state index is 6.09. The number of benzene rings is 2. The molecule has 0 aromatic heterocycles. The molecule has 0 spiro atoms. The van der Waals surface area contributed by atoms with E-state index in [2.05, 4.69) is 63.1 Å². The Morgan fingerprint density at radius 3 is 2.35 bits per heavy atom. The van der Waals surface area contributed by atoms with Crippen LogP contribution < -0.4 is 10.6 Å². The van der Waals surface area contributed by atoms with E-state index >= 15 is 0 Å². The maximum absolute atomic E-state index is 6.09. The lowest BCUT2D eigenvalue weighted by Crippen LogP contribution is -2.21. The summed E-state index contributed by atoms with van der Waals surface area (Å²) in [6.45, 7) is 7.35. The van der Waals surface area contributed by atoms with Crippen molar-refractivity contribution < 1.29 is 0 Å². The first-order chi connectivity index (χ1) is 9.47. The summed E-state index contributed by atoms with van der Waals surface area (Å²) in [5.74, 6) is 0. The molecule has 0 radical (unpaired) electrons. The van der Waals surface area contributed by atoms with Gasteiger partial charge < -0.3 is 10.6 Å². The molecule has 0 aliphatic carbocycles. The molecule has 0 heterocycles. The number of hydrogen-bond acceptors (Lipinski definition) is 2. The van der Waals surface area contributed by atoms with Crippen molar-refractivity contribution in [2.24, 2.45) is 0 Å². The van der Waals surface area contributed by atoms with Crippen LogP contribution >= 0.6 is 0 Å². The smallest absolute Gasteiger partial charge is 0.0597 e. The van der Waals surface area contributed by atoms with Crippen LogP contribution in [-0.2, 0) is 6.42 Å². The van der Waals surface area contributed by atoms with Crippen molar-refractivity contribution in [3.63, 3.8) is 0 Å². The first-order valence-corrected chi connectivity index (χ1v) is 7.11. The fourth-order valence-electron chi connectivity index (χ4n) is 2.40. The van der Waals surface area contributed by atoms with Crippen LogP contribution in [0.15, 0.2) is 36.4 Å². The Labute approximate surface area is 122 Å². The van der Waals surface area contributed by atoms with Gasteiger partial charge in [-0.1, -0.05) is 24.3 Å². The van der Waals surface area contributed by atoms with Gasteiger partial charge in [-0.3, -0.25) is 0 Å². The highest BCUT2D eigenvalue weighted by Crippen LogP contribution is 2.23. The molecule has 0 unspecified atom stereocenters. The van der Waals surface area contributed by atoms with Gasteiger partial charge in [-0.2, -0.15) is 0 Å². The second kappa shape index (κ2) is 6.00. The van der Waals surface area contributed by atoms with Crippen molar-refractivity contribution in [3.8, 4) is 0 Å². The molecule has 0 amide bonds. The third kappa shape index (κ3) is 3.32. The average Bonchev–Trinajstić information content (AvgIpc) is 2.40. The Morgan fingerprint density at radius 1 is 0.950 bits per heavy atom. The van der Waals surface area contributed by atoms with Gasteiger partial charge in [0.2, 0.25) is 0 Å². The van der Waals surface area contributed by atoms with E-state index in [1.54, 1.807) is 0 Å². The summed E-state index contributed by atoms with van der Waals surface area (Å²) in [7, 11) is 2.10. The third-order valence-corrected chi connectivity index (χ3v) is 3.90. The topological polar surface area (TPSA) is 29.3 Å². The lowest BCUT2D eigenvalue weighted by molar-refractivity contribution is 0.876. The Kier molecular flexibility index (Phi) is 4.33. The van der Waals surface area contributed by atoms with Gasteiger partial charge in [0, 0.05) is 13.6 Å². The van der Waals surface area contributed by atoms with Crippen LogP contribution in [0.4, 0.5) is 11.4 Å². The number of nitrogen functional groups attached to an aromatic ring is 1. The number of anilines is 2. The minimum absolute atomic E-state index is 0.854. The van der Waals surface area contributed by atoms with Crippen molar-refractivity contribution in [1.29, 1.82) is 0 Å². The van der Waals surface area contributed by atoms with E-state index in [-0.39, 0.29) is 0 Å². The summed E-state index contributed by atoms with van der Waals surface area (Å²) in [5, 5.41) is 0. The summed E-state index contributed by atoms with van der Waals surface area (Å²) >= 11 is 0. The molecule has 0 saturated carbocycles. The molecule has 0 saturated heterocycles. The van der Waals surface area contributed by atoms with Crippen LogP contribution in [0.3, 0.4) is 0 Å². The van der Waals surface area contributed by atoms with E-state index in [0.29, 0.717) is 0 Å². The molecule has 106 valence electrons. The monoisotopic (exact) mass is 268 g/mol. The number of nitrogens with two attached hydrogens (primary N) is 1. The minimum Gasteiger partial charge on any atom is -0.397 e. The highest BCUT2D eigenvalue weighted by atomic mass is 15.1. The van der Waals surface area contributed by atoms with E-state index in [0.717, 1.165) is 24.3 Å². The van der Waals surface area contributed by atoms with Crippen LogP contribution in [0.25, 0.3) is 0 Å². The first-order valence-electron chi connectivity index (χ1n) is 7.11. The molecule has 0 atom stereocenters. The number of rotatable bonds is 4. The summed E-state index contributed by atoms with van der Waals surface area (Å²) in [6.07, 6.45) is 1.03. The Morgan fingerprint density at radius 2 is 1.70 bits per heavy atom. The molecule has 0 fully saturated rings. The van der Waals surface area contributed by atoms with Gasteiger partial charge in [-0.15, -0.1) is 0 Å². The van der Waals surface area contributed by atoms with Crippen LogP contribution in [0.1, 0.15) is 22.3 Å². The lowest BCUT2D eigenvalue weighted by Gasteiger charge is -2.21. The van der Waals surface area contributed by atoms with Crippen molar-refractivity contribution >= 4 is 11.4 Å². The Balaban J connectivity index is 2.04. The molecule has 2 aromatic carbocycles. The van der Waals surface area contributed by atoms with E-state index in [1.165, 1.54) is 22.3 Å². The second-order valence-electron chi connectivity index (χ2n) is 5.65. The number of hydrogen-bond donors (Lipinski definition) is 1. The summed E-state index contributed by atoms with van der Waals surface area (Å²) in [6, 6.07) is 12.9. The van der Waals surface area contributed by atoms with Crippen LogP contribution in [0.5, 0.6) is 0 Å². The predicted octanol–water partition coefficient (Wildman–Crippen LogP) is 3.87. The van der Waals surface area contributed by atoms with E-state index in [4.69, 9.17) is 5.73 Å².